The molecule has 0 aromatic heterocycles. The number of rotatable bonds is 4. The van der Waals surface area contributed by atoms with Crippen LogP contribution < -0.4 is 4.46 Å². The first-order valence-corrected chi connectivity index (χ1v) is 7.85. The molecule has 0 heterocycles. The molecule has 0 saturated carbocycles. The van der Waals surface area contributed by atoms with Gasteiger partial charge in [-0.2, -0.15) is 0 Å². The van der Waals surface area contributed by atoms with Crippen molar-refractivity contribution in [1.82, 2.24) is 0 Å². The summed E-state index contributed by atoms with van der Waals surface area (Å²) >= 11 is 0.222. The van der Waals surface area contributed by atoms with Crippen LogP contribution >= 0.6 is 0 Å². The zero-order valence-electron chi connectivity index (χ0n) is 9.54. The predicted molar refractivity (Wildman–Crippen MR) is 69.8 cm³/mol. The van der Waals surface area contributed by atoms with Gasteiger partial charge in [0.1, 0.15) is 0 Å². The van der Waals surface area contributed by atoms with Gasteiger partial charge in [-0.15, -0.1) is 0 Å². The minimum atomic E-state index is -0.266. The predicted octanol–water partition coefficient (Wildman–Crippen LogP) is 2.70. The molecular formula is C13H15NO2Se. The average Bonchev–Trinajstić information content (AvgIpc) is 2.38. The van der Waals surface area contributed by atoms with Crippen LogP contribution in [0.2, 0.25) is 5.32 Å². The molecule has 0 aliphatic heterocycles. The van der Waals surface area contributed by atoms with E-state index in [-0.39, 0.29) is 19.9 Å². The summed E-state index contributed by atoms with van der Waals surface area (Å²) in [6.45, 7) is 0. The third-order valence-corrected chi connectivity index (χ3v) is 5.63. The van der Waals surface area contributed by atoms with E-state index in [9.17, 15) is 10.1 Å². The van der Waals surface area contributed by atoms with Crippen LogP contribution in [0.1, 0.15) is 19.3 Å². The molecule has 1 aromatic rings. The number of hydrogen-bond acceptors (Lipinski definition) is 2. The Kier molecular flexibility index (Phi) is 4.35. The number of benzene rings is 1. The molecule has 1 aliphatic rings. The van der Waals surface area contributed by atoms with Crippen molar-refractivity contribution in [1.29, 1.82) is 0 Å². The van der Waals surface area contributed by atoms with Crippen LogP contribution in [0.5, 0.6) is 0 Å². The number of hydrogen-bond donors (Lipinski definition) is 0. The second-order valence-corrected chi connectivity index (χ2v) is 6.41. The Bertz CT molecular complexity index is 431. The summed E-state index contributed by atoms with van der Waals surface area (Å²) < 4.78 is 0.930. The van der Waals surface area contributed by atoms with Crippen molar-refractivity contribution in [3.8, 4) is 0 Å². The molecule has 90 valence electrons. The number of nitrogens with zero attached hydrogens (tertiary/aromatic N) is 1. The molecule has 0 fully saturated rings. The van der Waals surface area contributed by atoms with E-state index in [1.807, 2.05) is 12.1 Å². The Hall–Kier alpha value is -1.12. The van der Waals surface area contributed by atoms with Gasteiger partial charge in [-0.25, -0.2) is 0 Å². The van der Waals surface area contributed by atoms with E-state index in [4.69, 9.17) is 0 Å². The van der Waals surface area contributed by atoms with E-state index >= 15 is 0 Å². The van der Waals surface area contributed by atoms with E-state index in [0.29, 0.717) is 5.69 Å². The van der Waals surface area contributed by atoms with Crippen LogP contribution in [0.4, 0.5) is 5.69 Å². The fourth-order valence-corrected chi connectivity index (χ4v) is 4.43. The topological polar surface area (TPSA) is 43.1 Å². The van der Waals surface area contributed by atoms with Gasteiger partial charge >= 0.3 is 107 Å². The fraction of sp³-hybridized carbons (Fsp3) is 0.385. The van der Waals surface area contributed by atoms with Crippen LogP contribution in [0.25, 0.3) is 0 Å². The van der Waals surface area contributed by atoms with Crippen molar-refractivity contribution in [2.45, 2.75) is 24.6 Å². The Morgan fingerprint density at radius 3 is 2.88 bits per heavy atom. The Morgan fingerprint density at radius 2 is 2.18 bits per heavy atom. The summed E-state index contributed by atoms with van der Waals surface area (Å²) in [5, 5.41) is 12.0. The van der Waals surface area contributed by atoms with E-state index in [2.05, 4.69) is 12.2 Å². The van der Waals surface area contributed by atoms with E-state index in [1.165, 1.54) is 6.42 Å². The first-order valence-electron chi connectivity index (χ1n) is 5.78. The maximum absolute atomic E-state index is 10.9. The fourth-order valence-electron chi connectivity index (χ4n) is 1.95. The van der Waals surface area contributed by atoms with E-state index < -0.39 is 0 Å². The molecule has 0 saturated heterocycles. The molecule has 1 atom stereocenters. The van der Waals surface area contributed by atoms with Crippen molar-refractivity contribution in [2.24, 2.45) is 5.92 Å². The number of para-hydroxylation sites is 1. The van der Waals surface area contributed by atoms with Crippen LogP contribution in [-0.4, -0.2) is 19.9 Å². The molecule has 2 rings (SSSR count). The summed E-state index contributed by atoms with van der Waals surface area (Å²) in [4.78, 5) is 10.6. The second-order valence-electron chi connectivity index (χ2n) is 4.19. The summed E-state index contributed by atoms with van der Waals surface area (Å²) in [6.07, 6.45) is 8.01. The number of nitro groups is 1. The van der Waals surface area contributed by atoms with Crippen molar-refractivity contribution in [3.05, 3.63) is 46.5 Å². The minimum absolute atomic E-state index is 0.222. The van der Waals surface area contributed by atoms with Gasteiger partial charge in [-0.05, 0) is 0 Å². The maximum atomic E-state index is 10.9. The summed E-state index contributed by atoms with van der Waals surface area (Å²) in [5.41, 5.74) is 0.291. The normalized spacial score (nSPS) is 19.2. The SMILES string of the molecule is O=[N+]([O-])c1ccccc1[Se]CC1CC=CCC1. The third-order valence-electron chi connectivity index (χ3n) is 2.91. The molecule has 1 aromatic carbocycles. The zero-order valence-corrected chi connectivity index (χ0v) is 11.3. The molecule has 17 heavy (non-hydrogen) atoms. The van der Waals surface area contributed by atoms with Gasteiger partial charge in [0.05, 0.1) is 0 Å². The van der Waals surface area contributed by atoms with Crippen molar-refractivity contribution < 1.29 is 4.92 Å². The van der Waals surface area contributed by atoms with E-state index in [0.717, 1.165) is 28.5 Å². The quantitative estimate of drug-likeness (QED) is 0.371. The Morgan fingerprint density at radius 1 is 1.35 bits per heavy atom. The summed E-state index contributed by atoms with van der Waals surface area (Å²) in [6, 6.07) is 7.14. The molecular weight excluding hydrogens is 281 g/mol. The van der Waals surface area contributed by atoms with Crippen molar-refractivity contribution >= 4 is 25.1 Å². The van der Waals surface area contributed by atoms with Gasteiger partial charge in [0, 0.05) is 0 Å². The van der Waals surface area contributed by atoms with Crippen molar-refractivity contribution in [3.63, 3.8) is 0 Å². The Labute approximate surface area is 107 Å². The summed E-state index contributed by atoms with van der Waals surface area (Å²) in [5.74, 6) is 0.722. The molecule has 1 unspecified atom stereocenters. The molecule has 4 heteroatoms. The van der Waals surface area contributed by atoms with Gasteiger partial charge in [0.25, 0.3) is 0 Å². The molecule has 0 bridgehead atoms. The molecule has 0 N–H and O–H groups in total. The van der Waals surface area contributed by atoms with Crippen molar-refractivity contribution in [2.75, 3.05) is 0 Å². The monoisotopic (exact) mass is 297 g/mol. The van der Waals surface area contributed by atoms with Gasteiger partial charge in [-0.1, -0.05) is 0 Å². The number of nitro benzene ring substituents is 1. The van der Waals surface area contributed by atoms with Gasteiger partial charge < -0.3 is 0 Å². The summed E-state index contributed by atoms with van der Waals surface area (Å²) in [7, 11) is 0. The standard InChI is InChI=1S/C13H15NO2Se/c15-14(16)12-8-4-5-9-13(12)17-10-11-6-2-1-3-7-11/h1-2,4-5,8-9,11H,3,6-7,10H2. The zero-order chi connectivity index (χ0) is 12.1. The molecule has 0 amide bonds. The first kappa shape index (κ1) is 12.3. The first-order chi connectivity index (χ1) is 8.27. The van der Waals surface area contributed by atoms with Gasteiger partial charge in [0.15, 0.2) is 0 Å². The van der Waals surface area contributed by atoms with Crippen LogP contribution in [0, 0.1) is 16.0 Å². The molecule has 1 aliphatic carbocycles. The van der Waals surface area contributed by atoms with Gasteiger partial charge in [0.2, 0.25) is 0 Å². The van der Waals surface area contributed by atoms with E-state index in [1.54, 1.807) is 12.1 Å². The third kappa shape index (κ3) is 3.42. The average molecular weight is 296 g/mol. The number of allylic oxidation sites excluding steroid dienone is 2. The van der Waals surface area contributed by atoms with Crippen LogP contribution in [0.3, 0.4) is 0 Å². The van der Waals surface area contributed by atoms with Crippen LogP contribution in [-0.2, 0) is 0 Å². The Balaban J connectivity index is 1.98. The molecule has 3 nitrogen and oxygen atoms in total. The van der Waals surface area contributed by atoms with Gasteiger partial charge in [-0.3, -0.25) is 0 Å². The second kappa shape index (κ2) is 5.99. The molecule has 0 spiro atoms. The van der Waals surface area contributed by atoms with Crippen LogP contribution in [0.15, 0.2) is 36.4 Å². The molecule has 0 radical (unpaired) electrons.